The van der Waals surface area contributed by atoms with Gasteiger partial charge < -0.3 is 20.3 Å². The van der Waals surface area contributed by atoms with Crippen LogP contribution in [0.4, 0.5) is 4.39 Å². The minimum atomic E-state index is -0.214. The predicted octanol–water partition coefficient (Wildman–Crippen LogP) is 3.02. The minimum Gasteiger partial charge on any atom is -0.379 e. The quantitative estimate of drug-likeness (QED) is 0.463. The van der Waals surface area contributed by atoms with Gasteiger partial charge in [0.15, 0.2) is 5.96 Å². The summed E-state index contributed by atoms with van der Waals surface area (Å²) in [4.78, 5) is 9.41. The summed E-state index contributed by atoms with van der Waals surface area (Å²) < 4.78 is 19.0. The molecule has 1 unspecified atom stereocenters. The van der Waals surface area contributed by atoms with Gasteiger partial charge in [-0.25, -0.2) is 9.38 Å². The first kappa shape index (κ1) is 24.2. The van der Waals surface area contributed by atoms with Crippen molar-refractivity contribution < 1.29 is 9.13 Å². The van der Waals surface area contributed by atoms with Gasteiger partial charge in [0.2, 0.25) is 0 Å². The van der Waals surface area contributed by atoms with Crippen LogP contribution in [0, 0.1) is 5.82 Å². The highest BCUT2D eigenvalue weighted by molar-refractivity contribution is 5.79. The van der Waals surface area contributed by atoms with Crippen molar-refractivity contribution in [1.82, 2.24) is 20.4 Å². The second-order valence-electron chi connectivity index (χ2n) is 8.30. The van der Waals surface area contributed by atoms with Gasteiger partial charge in [0.25, 0.3) is 0 Å². The molecule has 32 heavy (non-hydrogen) atoms. The molecule has 0 saturated carbocycles. The predicted molar refractivity (Wildman–Crippen MR) is 128 cm³/mol. The lowest BCUT2D eigenvalue weighted by molar-refractivity contribution is 0.0170. The number of halogens is 1. The Morgan fingerprint density at radius 1 is 1.06 bits per heavy atom. The molecular weight excluding hydrogens is 405 g/mol. The third-order valence-electron chi connectivity index (χ3n) is 5.56. The second-order valence-corrected chi connectivity index (χ2v) is 8.30. The Labute approximate surface area is 191 Å². The zero-order chi connectivity index (χ0) is 22.8. The van der Waals surface area contributed by atoms with Crippen LogP contribution in [0.1, 0.15) is 29.7 Å². The van der Waals surface area contributed by atoms with Gasteiger partial charge in [0, 0.05) is 32.7 Å². The minimum absolute atomic E-state index is 0.115. The summed E-state index contributed by atoms with van der Waals surface area (Å²) in [6.07, 6.45) is 0. The second kappa shape index (κ2) is 12.5. The number of ether oxygens (including phenoxy) is 1. The van der Waals surface area contributed by atoms with Crippen LogP contribution in [0.15, 0.2) is 53.5 Å². The van der Waals surface area contributed by atoms with Crippen LogP contribution in [0.25, 0.3) is 0 Å². The van der Waals surface area contributed by atoms with E-state index in [0.29, 0.717) is 26.3 Å². The first-order valence-corrected chi connectivity index (χ1v) is 11.4. The molecule has 1 fully saturated rings. The standard InChI is InChI=1S/C25H36FN5O/c1-4-27-25(28-17-21-7-5-6-8-22(21)19-30(2)3)29-18-24(31-13-15-32-16-14-31)20-9-11-23(26)12-10-20/h5-12,24H,4,13-19H2,1-3H3,(H2,27,28,29). The van der Waals surface area contributed by atoms with Gasteiger partial charge in [-0.1, -0.05) is 36.4 Å². The average molecular weight is 442 g/mol. The smallest absolute Gasteiger partial charge is 0.191 e. The zero-order valence-corrected chi connectivity index (χ0v) is 19.5. The lowest BCUT2D eigenvalue weighted by atomic mass is 10.0. The fourth-order valence-corrected chi connectivity index (χ4v) is 3.94. The molecule has 1 saturated heterocycles. The Kier molecular flexibility index (Phi) is 9.46. The summed E-state index contributed by atoms with van der Waals surface area (Å²) in [6.45, 7) is 8.17. The van der Waals surface area contributed by atoms with Crippen molar-refractivity contribution in [2.24, 2.45) is 4.99 Å². The molecule has 3 rings (SSSR count). The van der Waals surface area contributed by atoms with Gasteiger partial charge >= 0.3 is 0 Å². The van der Waals surface area contributed by atoms with E-state index < -0.39 is 0 Å². The molecule has 0 amide bonds. The number of hydrogen-bond acceptors (Lipinski definition) is 4. The van der Waals surface area contributed by atoms with Crippen LogP contribution in [-0.4, -0.2) is 69.2 Å². The molecule has 6 nitrogen and oxygen atoms in total. The van der Waals surface area contributed by atoms with E-state index in [9.17, 15) is 4.39 Å². The molecule has 0 radical (unpaired) electrons. The van der Waals surface area contributed by atoms with Gasteiger partial charge in [-0.3, -0.25) is 4.90 Å². The third-order valence-corrected chi connectivity index (χ3v) is 5.56. The van der Waals surface area contributed by atoms with Gasteiger partial charge in [0.05, 0.1) is 25.8 Å². The molecule has 0 bridgehead atoms. The molecule has 174 valence electrons. The zero-order valence-electron chi connectivity index (χ0n) is 19.5. The lowest BCUT2D eigenvalue weighted by Crippen LogP contribution is -2.46. The highest BCUT2D eigenvalue weighted by atomic mass is 19.1. The number of rotatable bonds is 9. The van der Waals surface area contributed by atoms with Crippen LogP contribution < -0.4 is 10.6 Å². The lowest BCUT2D eigenvalue weighted by Gasteiger charge is -2.35. The number of guanidine groups is 1. The van der Waals surface area contributed by atoms with Crippen molar-refractivity contribution in [3.8, 4) is 0 Å². The van der Waals surface area contributed by atoms with E-state index in [2.05, 4.69) is 65.7 Å². The molecule has 2 aromatic carbocycles. The Morgan fingerprint density at radius 3 is 2.41 bits per heavy atom. The number of morpholine rings is 1. The highest BCUT2D eigenvalue weighted by Gasteiger charge is 2.23. The highest BCUT2D eigenvalue weighted by Crippen LogP contribution is 2.21. The Morgan fingerprint density at radius 2 is 1.75 bits per heavy atom. The number of nitrogens with one attached hydrogen (secondary N) is 2. The van der Waals surface area contributed by atoms with Crippen LogP contribution in [-0.2, 0) is 17.8 Å². The molecule has 0 spiro atoms. The molecule has 0 aromatic heterocycles. The van der Waals surface area contributed by atoms with Crippen molar-refractivity contribution in [1.29, 1.82) is 0 Å². The largest absolute Gasteiger partial charge is 0.379 e. The Bertz CT molecular complexity index is 850. The van der Waals surface area contributed by atoms with Crippen LogP contribution >= 0.6 is 0 Å². The van der Waals surface area contributed by atoms with Crippen LogP contribution in [0.3, 0.4) is 0 Å². The number of benzene rings is 2. The Hall–Kier alpha value is -2.48. The molecule has 1 atom stereocenters. The molecule has 1 heterocycles. The van der Waals surface area contributed by atoms with Crippen LogP contribution in [0.2, 0.25) is 0 Å². The number of nitrogens with zero attached hydrogens (tertiary/aromatic N) is 3. The first-order valence-electron chi connectivity index (χ1n) is 11.4. The molecular formula is C25H36FN5O. The average Bonchev–Trinajstić information content (AvgIpc) is 2.80. The summed E-state index contributed by atoms with van der Waals surface area (Å²) in [7, 11) is 4.15. The van der Waals surface area contributed by atoms with Gasteiger partial charge in [0.1, 0.15) is 5.82 Å². The molecule has 1 aliphatic heterocycles. The molecule has 1 aliphatic rings. The summed E-state index contributed by atoms with van der Waals surface area (Å²) in [5.74, 6) is 0.571. The normalized spacial score (nSPS) is 16.2. The van der Waals surface area contributed by atoms with Gasteiger partial charge in [-0.2, -0.15) is 0 Å². The molecule has 2 aromatic rings. The van der Waals surface area contributed by atoms with Crippen molar-refractivity contribution in [3.05, 3.63) is 71.0 Å². The van der Waals surface area contributed by atoms with Crippen molar-refractivity contribution in [2.75, 3.05) is 53.5 Å². The maximum Gasteiger partial charge on any atom is 0.191 e. The summed E-state index contributed by atoms with van der Waals surface area (Å²) in [6, 6.07) is 15.4. The third kappa shape index (κ3) is 7.29. The van der Waals surface area contributed by atoms with E-state index in [-0.39, 0.29) is 11.9 Å². The number of hydrogen-bond donors (Lipinski definition) is 2. The topological polar surface area (TPSA) is 52.1 Å². The fraction of sp³-hybridized carbons (Fsp3) is 0.480. The summed E-state index contributed by atoms with van der Waals surface area (Å²) >= 11 is 0. The van der Waals surface area contributed by atoms with E-state index in [1.807, 2.05) is 12.1 Å². The van der Waals surface area contributed by atoms with Crippen molar-refractivity contribution in [2.45, 2.75) is 26.1 Å². The van der Waals surface area contributed by atoms with E-state index in [1.54, 1.807) is 0 Å². The van der Waals surface area contributed by atoms with E-state index in [1.165, 1.54) is 23.3 Å². The van der Waals surface area contributed by atoms with E-state index >= 15 is 0 Å². The summed E-state index contributed by atoms with van der Waals surface area (Å²) in [5, 5.41) is 6.87. The van der Waals surface area contributed by atoms with E-state index in [4.69, 9.17) is 9.73 Å². The molecule has 2 N–H and O–H groups in total. The van der Waals surface area contributed by atoms with Crippen molar-refractivity contribution in [3.63, 3.8) is 0 Å². The molecule has 0 aliphatic carbocycles. The number of aliphatic imine (C=N–C) groups is 1. The fourth-order valence-electron chi connectivity index (χ4n) is 3.94. The van der Waals surface area contributed by atoms with Gasteiger partial charge in [-0.05, 0) is 49.8 Å². The monoisotopic (exact) mass is 441 g/mol. The maximum atomic E-state index is 13.5. The van der Waals surface area contributed by atoms with E-state index in [0.717, 1.165) is 37.7 Å². The molecule has 7 heteroatoms. The SMILES string of the molecule is CCNC(=NCc1ccccc1CN(C)C)NCC(c1ccc(F)cc1)N1CCOCC1. The first-order chi connectivity index (χ1) is 15.6. The van der Waals surface area contributed by atoms with Gasteiger partial charge in [-0.15, -0.1) is 0 Å². The maximum absolute atomic E-state index is 13.5. The summed E-state index contributed by atoms with van der Waals surface area (Å²) in [5.41, 5.74) is 3.60. The van der Waals surface area contributed by atoms with Crippen molar-refractivity contribution >= 4 is 5.96 Å². The van der Waals surface area contributed by atoms with Crippen LogP contribution in [0.5, 0.6) is 0 Å². The Balaban J connectivity index is 1.72.